The van der Waals surface area contributed by atoms with Gasteiger partial charge in [0.15, 0.2) is 0 Å². The molecule has 3 nitrogen and oxygen atoms in total. The van der Waals surface area contributed by atoms with Crippen LogP contribution in [0.2, 0.25) is 0 Å². The summed E-state index contributed by atoms with van der Waals surface area (Å²) in [5.74, 6) is 0.457. The van der Waals surface area contributed by atoms with Crippen LogP contribution in [0.5, 0.6) is 0 Å². The number of hydrogen-bond donors (Lipinski definition) is 1. The van der Waals surface area contributed by atoms with E-state index in [1.807, 2.05) is 11.0 Å². The Bertz CT molecular complexity index is 413. The molecule has 0 saturated carbocycles. The lowest BCUT2D eigenvalue weighted by molar-refractivity contribution is -0.142. The van der Waals surface area contributed by atoms with Gasteiger partial charge in [-0.25, -0.2) is 4.39 Å². The van der Waals surface area contributed by atoms with Gasteiger partial charge in [0.1, 0.15) is 11.9 Å². The summed E-state index contributed by atoms with van der Waals surface area (Å²) in [6, 6.07) is 5.87. The van der Waals surface area contributed by atoms with Crippen LogP contribution in [0.25, 0.3) is 0 Å². The summed E-state index contributed by atoms with van der Waals surface area (Å²) in [6.07, 6.45) is 0. The Morgan fingerprint density at radius 2 is 2.41 bits per heavy atom. The smallest absolute Gasteiger partial charge is 0.321 e. The SMILES string of the molecule is O=C(O)C1CSCCN1Cc1cccc(F)c1. The van der Waals surface area contributed by atoms with Gasteiger partial charge in [-0.05, 0) is 17.7 Å². The van der Waals surface area contributed by atoms with E-state index in [9.17, 15) is 9.18 Å². The third kappa shape index (κ3) is 3.20. The highest BCUT2D eigenvalue weighted by Gasteiger charge is 2.28. The van der Waals surface area contributed by atoms with Crippen LogP contribution >= 0.6 is 11.8 Å². The second-order valence-corrected chi connectivity index (χ2v) is 5.18. The number of benzene rings is 1. The van der Waals surface area contributed by atoms with Crippen molar-refractivity contribution in [1.29, 1.82) is 0 Å². The molecule has 1 heterocycles. The molecule has 1 aromatic rings. The number of rotatable bonds is 3. The van der Waals surface area contributed by atoms with E-state index in [1.54, 1.807) is 17.8 Å². The standard InChI is InChI=1S/C12H14FNO2S/c13-10-3-1-2-9(6-10)7-14-4-5-17-8-11(14)12(15)16/h1-3,6,11H,4-5,7-8H2,(H,15,16). The van der Waals surface area contributed by atoms with Gasteiger partial charge in [0.2, 0.25) is 0 Å². The molecular weight excluding hydrogens is 241 g/mol. The molecule has 1 fully saturated rings. The van der Waals surface area contributed by atoms with E-state index in [-0.39, 0.29) is 5.82 Å². The number of carbonyl (C=O) groups is 1. The van der Waals surface area contributed by atoms with Crippen molar-refractivity contribution >= 4 is 17.7 Å². The fourth-order valence-electron chi connectivity index (χ4n) is 1.92. The van der Waals surface area contributed by atoms with Gasteiger partial charge in [-0.1, -0.05) is 12.1 Å². The number of nitrogens with zero attached hydrogens (tertiary/aromatic N) is 1. The number of halogens is 1. The first-order valence-corrected chi connectivity index (χ1v) is 6.61. The van der Waals surface area contributed by atoms with Crippen molar-refractivity contribution in [3.8, 4) is 0 Å². The van der Waals surface area contributed by atoms with E-state index >= 15 is 0 Å². The summed E-state index contributed by atoms with van der Waals surface area (Å²) in [5.41, 5.74) is 0.822. The van der Waals surface area contributed by atoms with Crippen LogP contribution in [0.4, 0.5) is 4.39 Å². The van der Waals surface area contributed by atoms with Crippen LogP contribution in [-0.4, -0.2) is 40.1 Å². The zero-order valence-corrected chi connectivity index (χ0v) is 10.1. The molecule has 92 valence electrons. The van der Waals surface area contributed by atoms with Crippen LogP contribution in [-0.2, 0) is 11.3 Å². The minimum atomic E-state index is -0.798. The summed E-state index contributed by atoms with van der Waals surface area (Å²) >= 11 is 1.65. The third-order valence-electron chi connectivity index (χ3n) is 2.80. The lowest BCUT2D eigenvalue weighted by Gasteiger charge is -2.32. The fourth-order valence-corrected chi connectivity index (χ4v) is 3.03. The Hall–Kier alpha value is -1.07. The van der Waals surface area contributed by atoms with Gasteiger partial charge in [-0.2, -0.15) is 11.8 Å². The average Bonchev–Trinajstić information content (AvgIpc) is 2.29. The molecule has 1 aliphatic rings. The predicted molar refractivity (Wildman–Crippen MR) is 65.6 cm³/mol. The number of thioether (sulfide) groups is 1. The zero-order chi connectivity index (χ0) is 12.3. The molecule has 0 aromatic heterocycles. The summed E-state index contributed by atoms with van der Waals surface area (Å²) in [5, 5.41) is 9.11. The van der Waals surface area contributed by atoms with Crippen LogP contribution in [0, 0.1) is 5.82 Å². The predicted octanol–water partition coefficient (Wildman–Crippen LogP) is 1.83. The summed E-state index contributed by atoms with van der Waals surface area (Å²) in [4.78, 5) is 13.0. The Kier molecular flexibility index (Phi) is 4.02. The monoisotopic (exact) mass is 255 g/mol. The van der Waals surface area contributed by atoms with Crippen molar-refractivity contribution < 1.29 is 14.3 Å². The quantitative estimate of drug-likeness (QED) is 0.894. The van der Waals surface area contributed by atoms with Gasteiger partial charge in [0.05, 0.1) is 0 Å². The molecule has 2 rings (SSSR count). The Morgan fingerprint density at radius 3 is 3.12 bits per heavy atom. The Morgan fingerprint density at radius 1 is 1.59 bits per heavy atom. The number of aliphatic carboxylic acids is 1. The van der Waals surface area contributed by atoms with Crippen molar-refractivity contribution in [2.45, 2.75) is 12.6 Å². The van der Waals surface area contributed by atoms with Crippen LogP contribution < -0.4 is 0 Å². The highest BCUT2D eigenvalue weighted by Crippen LogP contribution is 2.19. The second kappa shape index (κ2) is 5.51. The molecule has 1 atom stereocenters. The topological polar surface area (TPSA) is 40.5 Å². The van der Waals surface area contributed by atoms with E-state index in [2.05, 4.69) is 0 Å². The van der Waals surface area contributed by atoms with Gasteiger partial charge in [-0.15, -0.1) is 0 Å². The van der Waals surface area contributed by atoms with E-state index < -0.39 is 12.0 Å². The number of carboxylic acid groups (broad SMARTS) is 1. The molecule has 5 heteroatoms. The minimum absolute atomic E-state index is 0.277. The van der Waals surface area contributed by atoms with Crippen molar-refractivity contribution in [3.63, 3.8) is 0 Å². The van der Waals surface area contributed by atoms with E-state index in [0.717, 1.165) is 17.9 Å². The molecule has 1 unspecified atom stereocenters. The molecule has 0 radical (unpaired) electrons. The highest BCUT2D eigenvalue weighted by molar-refractivity contribution is 7.99. The molecule has 1 aromatic carbocycles. The van der Waals surface area contributed by atoms with Crippen molar-refractivity contribution in [2.75, 3.05) is 18.1 Å². The maximum absolute atomic E-state index is 13.0. The maximum Gasteiger partial charge on any atom is 0.321 e. The van der Waals surface area contributed by atoms with Gasteiger partial charge in [0, 0.05) is 24.6 Å². The highest BCUT2D eigenvalue weighted by atomic mass is 32.2. The summed E-state index contributed by atoms with van der Waals surface area (Å²) in [6.45, 7) is 1.23. The van der Waals surface area contributed by atoms with E-state index in [4.69, 9.17) is 5.11 Å². The van der Waals surface area contributed by atoms with Gasteiger partial charge < -0.3 is 5.11 Å². The molecule has 0 spiro atoms. The van der Waals surface area contributed by atoms with E-state index in [1.165, 1.54) is 12.1 Å². The van der Waals surface area contributed by atoms with Gasteiger partial charge in [-0.3, -0.25) is 9.69 Å². The first kappa shape index (κ1) is 12.4. The molecular formula is C12H14FNO2S. The van der Waals surface area contributed by atoms with Crippen molar-refractivity contribution in [1.82, 2.24) is 4.90 Å². The minimum Gasteiger partial charge on any atom is -0.480 e. The zero-order valence-electron chi connectivity index (χ0n) is 9.30. The molecule has 0 amide bonds. The maximum atomic E-state index is 13.0. The first-order chi connectivity index (χ1) is 8.16. The normalized spacial score (nSPS) is 21.4. The lowest BCUT2D eigenvalue weighted by atomic mass is 10.1. The first-order valence-electron chi connectivity index (χ1n) is 5.46. The van der Waals surface area contributed by atoms with Crippen molar-refractivity contribution in [3.05, 3.63) is 35.6 Å². The molecule has 1 N–H and O–H groups in total. The molecule has 0 aliphatic carbocycles. The van der Waals surface area contributed by atoms with Crippen LogP contribution in [0.3, 0.4) is 0 Å². The second-order valence-electron chi connectivity index (χ2n) is 4.03. The lowest BCUT2D eigenvalue weighted by Crippen LogP contribution is -2.46. The number of carboxylic acids is 1. The fraction of sp³-hybridized carbons (Fsp3) is 0.417. The average molecular weight is 255 g/mol. The number of hydrogen-bond acceptors (Lipinski definition) is 3. The summed E-state index contributed by atoms with van der Waals surface area (Å²) in [7, 11) is 0. The van der Waals surface area contributed by atoms with Crippen LogP contribution in [0.15, 0.2) is 24.3 Å². The third-order valence-corrected chi connectivity index (χ3v) is 3.82. The molecule has 1 saturated heterocycles. The summed E-state index contributed by atoms with van der Waals surface area (Å²) < 4.78 is 13.0. The molecule has 17 heavy (non-hydrogen) atoms. The van der Waals surface area contributed by atoms with Gasteiger partial charge >= 0.3 is 5.97 Å². The van der Waals surface area contributed by atoms with Crippen LogP contribution in [0.1, 0.15) is 5.56 Å². The van der Waals surface area contributed by atoms with E-state index in [0.29, 0.717) is 12.3 Å². The largest absolute Gasteiger partial charge is 0.480 e. The van der Waals surface area contributed by atoms with Gasteiger partial charge in [0.25, 0.3) is 0 Å². The van der Waals surface area contributed by atoms with Crippen molar-refractivity contribution in [2.24, 2.45) is 0 Å². The molecule has 1 aliphatic heterocycles. The Labute approximate surface area is 104 Å². The Balaban J connectivity index is 2.08. The molecule has 0 bridgehead atoms.